The van der Waals surface area contributed by atoms with Crippen LogP contribution >= 0.6 is 0 Å². The van der Waals surface area contributed by atoms with E-state index in [4.69, 9.17) is 0 Å². The minimum Gasteiger partial charge on any atom is -0.357 e. The average molecular weight is 258 g/mol. The van der Waals surface area contributed by atoms with Crippen molar-refractivity contribution in [1.82, 2.24) is 20.2 Å². The van der Waals surface area contributed by atoms with Crippen LogP contribution in [-0.2, 0) is 0 Å². The summed E-state index contributed by atoms with van der Waals surface area (Å²) in [6.07, 6.45) is 1.62. The van der Waals surface area contributed by atoms with Gasteiger partial charge in [-0.2, -0.15) is 15.1 Å². The summed E-state index contributed by atoms with van der Waals surface area (Å²) in [5.74, 6) is 0.709. The standard InChI is InChI=1S/C12H11FN6/c1-14-12-17-10(9-6-15-19-11(9)18-12)16-8-4-2-3-7(13)5-8/h2-6H,1H3,(H3,14,15,16,17,18,19). The van der Waals surface area contributed by atoms with Gasteiger partial charge in [0, 0.05) is 12.7 Å². The number of nitrogens with one attached hydrogen (secondary N) is 3. The molecule has 0 bridgehead atoms. The SMILES string of the molecule is CNc1nc(Nc2cccc(F)c2)c2cn[nH]c2n1. The first-order chi connectivity index (χ1) is 9.26. The number of aromatic nitrogens is 4. The van der Waals surface area contributed by atoms with E-state index >= 15 is 0 Å². The highest BCUT2D eigenvalue weighted by atomic mass is 19.1. The number of fused-ring (bicyclic) bond motifs is 1. The first kappa shape index (κ1) is 11.4. The van der Waals surface area contributed by atoms with E-state index in [0.717, 1.165) is 5.39 Å². The van der Waals surface area contributed by atoms with Gasteiger partial charge in [0.05, 0.1) is 11.6 Å². The second-order valence-corrected chi connectivity index (χ2v) is 3.91. The summed E-state index contributed by atoms with van der Waals surface area (Å²) in [6, 6.07) is 6.17. The molecule has 0 spiro atoms. The minimum atomic E-state index is -0.309. The van der Waals surface area contributed by atoms with E-state index in [0.29, 0.717) is 23.1 Å². The quantitative estimate of drug-likeness (QED) is 0.671. The number of benzene rings is 1. The molecule has 19 heavy (non-hydrogen) atoms. The normalized spacial score (nSPS) is 10.6. The van der Waals surface area contributed by atoms with Crippen LogP contribution in [0, 0.1) is 5.82 Å². The lowest BCUT2D eigenvalue weighted by atomic mass is 10.3. The molecule has 1 aromatic carbocycles. The highest BCUT2D eigenvalue weighted by molar-refractivity contribution is 5.88. The third kappa shape index (κ3) is 2.17. The van der Waals surface area contributed by atoms with Crippen LogP contribution in [0.15, 0.2) is 30.5 Å². The number of hydrogen-bond donors (Lipinski definition) is 3. The zero-order valence-electron chi connectivity index (χ0n) is 10.1. The van der Waals surface area contributed by atoms with Gasteiger partial charge in [0.15, 0.2) is 5.65 Å². The molecule has 2 heterocycles. The van der Waals surface area contributed by atoms with Crippen molar-refractivity contribution in [1.29, 1.82) is 0 Å². The number of hydrogen-bond acceptors (Lipinski definition) is 5. The van der Waals surface area contributed by atoms with Gasteiger partial charge in [-0.05, 0) is 18.2 Å². The van der Waals surface area contributed by atoms with Crippen molar-refractivity contribution in [3.63, 3.8) is 0 Å². The Hall–Kier alpha value is -2.70. The van der Waals surface area contributed by atoms with Crippen LogP contribution in [0.5, 0.6) is 0 Å². The van der Waals surface area contributed by atoms with Crippen LogP contribution in [0.25, 0.3) is 11.0 Å². The smallest absolute Gasteiger partial charge is 0.226 e. The van der Waals surface area contributed by atoms with E-state index in [1.54, 1.807) is 25.4 Å². The third-order valence-electron chi connectivity index (χ3n) is 2.62. The van der Waals surface area contributed by atoms with Crippen LogP contribution in [0.3, 0.4) is 0 Å². The van der Waals surface area contributed by atoms with Crippen LogP contribution in [-0.4, -0.2) is 27.2 Å². The van der Waals surface area contributed by atoms with Crippen molar-refractivity contribution in [2.45, 2.75) is 0 Å². The summed E-state index contributed by atoms with van der Waals surface area (Å²) in [7, 11) is 1.73. The Morgan fingerprint density at radius 1 is 1.26 bits per heavy atom. The maximum absolute atomic E-state index is 13.2. The lowest BCUT2D eigenvalue weighted by Crippen LogP contribution is -2.01. The van der Waals surface area contributed by atoms with E-state index < -0.39 is 0 Å². The van der Waals surface area contributed by atoms with Gasteiger partial charge in [0.2, 0.25) is 5.95 Å². The molecule has 0 fully saturated rings. The molecule has 3 rings (SSSR count). The molecule has 0 saturated carbocycles. The van der Waals surface area contributed by atoms with E-state index in [9.17, 15) is 4.39 Å². The van der Waals surface area contributed by atoms with Gasteiger partial charge in [-0.3, -0.25) is 5.10 Å². The van der Waals surface area contributed by atoms with Gasteiger partial charge in [-0.25, -0.2) is 4.39 Å². The summed E-state index contributed by atoms with van der Waals surface area (Å²) < 4.78 is 13.2. The lowest BCUT2D eigenvalue weighted by Gasteiger charge is -2.08. The molecule has 0 unspecified atom stereocenters. The van der Waals surface area contributed by atoms with Gasteiger partial charge in [-0.1, -0.05) is 6.07 Å². The zero-order valence-corrected chi connectivity index (χ0v) is 10.1. The van der Waals surface area contributed by atoms with Crippen LogP contribution in [0.1, 0.15) is 0 Å². The number of rotatable bonds is 3. The van der Waals surface area contributed by atoms with E-state index in [1.165, 1.54) is 12.1 Å². The largest absolute Gasteiger partial charge is 0.357 e. The summed E-state index contributed by atoms with van der Waals surface area (Å²) in [5.41, 5.74) is 1.22. The molecule has 0 aliphatic heterocycles. The molecule has 3 N–H and O–H groups in total. The number of aromatic amines is 1. The van der Waals surface area contributed by atoms with Gasteiger partial charge in [0.1, 0.15) is 11.6 Å². The second kappa shape index (κ2) is 4.52. The summed E-state index contributed by atoms with van der Waals surface area (Å²) >= 11 is 0. The molecule has 6 nitrogen and oxygen atoms in total. The lowest BCUT2D eigenvalue weighted by molar-refractivity contribution is 0.628. The molecule has 2 aromatic heterocycles. The predicted molar refractivity (Wildman–Crippen MR) is 70.9 cm³/mol. The Labute approximate surface area is 108 Å². The maximum atomic E-state index is 13.2. The van der Waals surface area contributed by atoms with Crippen molar-refractivity contribution >= 4 is 28.5 Å². The highest BCUT2D eigenvalue weighted by Gasteiger charge is 2.09. The van der Waals surface area contributed by atoms with Crippen molar-refractivity contribution in [3.05, 3.63) is 36.3 Å². The summed E-state index contributed by atoms with van der Waals surface area (Å²) in [5, 5.41) is 13.4. The Balaban J connectivity index is 2.06. The average Bonchev–Trinajstić information content (AvgIpc) is 2.87. The van der Waals surface area contributed by atoms with Crippen molar-refractivity contribution in [2.24, 2.45) is 0 Å². The Bertz CT molecular complexity index is 723. The fraction of sp³-hybridized carbons (Fsp3) is 0.0833. The minimum absolute atomic E-state index is 0.309. The first-order valence-electron chi connectivity index (χ1n) is 5.68. The van der Waals surface area contributed by atoms with E-state index in [2.05, 4.69) is 30.8 Å². The molecule has 3 aromatic rings. The van der Waals surface area contributed by atoms with Crippen molar-refractivity contribution < 1.29 is 4.39 Å². The van der Waals surface area contributed by atoms with Gasteiger partial charge in [-0.15, -0.1) is 0 Å². The molecule has 0 atom stereocenters. The fourth-order valence-corrected chi connectivity index (χ4v) is 1.74. The Morgan fingerprint density at radius 2 is 2.16 bits per heavy atom. The van der Waals surface area contributed by atoms with Crippen molar-refractivity contribution in [3.8, 4) is 0 Å². The first-order valence-corrected chi connectivity index (χ1v) is 5.68. The molecule has 0 amide bonds. The zero-order chi connectivity index (χ0) is 13.2. The van der Waals surface area contributed by atoms with Crippen molar-refractivity contribution in [2.75, 3.05) is 17.7 Å². The molecular weight excluding hydrogens is 247 g/mol. The highest BCUT2D eigenvalue weighted by Crippen LogP contribution is 2.23. The molecular formula is C12H11FN6. The number of halogens is 1. The Morgan fingerprint density at radius 3 is 2.95 bits per heavy atom. The van der Waals surface area contributed by atoms with Gasteiger partial charge < -0.3 is 10.6 Å². The Kier molecular flexibility index (Phi) is 2.71. The monoisotopic (exact) mass is 258 g/mol. The molecule has 0 aliphatic carbocycles. The number of nitrogens with zero attached hydrogens (tertiary/aromatic N) is 3. The van der Waals surface area contributed by atoms with Gasteiger partial charge in [0.25, 0.3) is 0 Å². The molecule has 0 saturated heterocycles. The number of H-pyrrole nitrogens is 1. The number of anilines is 3. The maximum Gasteiger partial charge on any atom is 0.226 e. The van der Waals surface area contributed by atoms with Crippen LogP contribution < -0.4 is 10.6 Å². The fourth-order valence-electron chi connectivity index (χ4n) is 1.74. The summed E-state index contributed by atoms with van der Waals surface area (Å²) in [4.78, 5) is 8.52. The topological polar surface area (TPSA) is 78.5 Å². The van der Waals surface area contributed by atoms with Crippen LogP contribution in [0.4, 0.5) is 21.8 Å². The van der Waals surface area contributed by atoms with Gasteiger partial charge >= 0.3 is 0 Å². The molecule has 7 heteroatoms. The second-order valence-electron chi connectivity index (χ2n) is 3.91. The molecule has 0 radical (unpaired) electrons. The third-order valence-corrected chi connectivity index (χ3v) is 2.62. The van der Waals surface area contributed by atoms with E-state index in [-0.39, 0.29) is 5.82 Å². The summed E-state index contributed by atoms with van der Waals surface area (Å²) in [6.45, 7) is 0. The molecule has 0 aliphatic rings. The predicted octanol–water partition coefficient (Wildman–Crippen LogP) is 2.28. The van der Waals surface area contributed by atoms with Crippen LogP contribution in [0.2, 0.25) is 0 Å². The van der Waals surface area contributed by atoms with E-state index in [1.807, 2.05) is 0 Å². The molecule has 96 valence electrons.